The van der Waals surface area contributed by atoms with Gasteiger partial charge in [0.2, 0.25) is 0 Å². The third-order valence-electron chi connectivity index (χ3n) is 4.51. The summed E-state index contributed by atoms with van der Waals surface area (Å²) in [4.78, 5) is 9.09. The Bertz CT molecular complexity index is 839. The lowest BCUT2D eigenvalue weighted by molar-refractivity contribution is 0.707. The second-order valence-corrected chi connectivity index (χ2v) is 7.34. The zero-order valence-electron chi connectivity index (χ0n) is 15.5. The molecule has 4 nitrogen and oxygen atoms in total. The predicted molar refractivity (Wildman–Crippen MR) is 124 cm³/mol. The van der Waals surface area contributed by atoms with Gasteiger partial charge in [-0.15, -0.1) is 35.3 Å². The minimum Gasteiger partial charge on any atom is -0.361 e. The fourth-order valence-electron chi connectivity index (χ4n) is 3.11. The van der Waals surface area contributed by atoms with Crippen LogP contribution in [0.3, 0.4) is 0 Å². The molecule has 3 N–H and O–H groups in total. The summed E-state index contributed by atoms with van der Waals surface area (Å²) in [6.45, 7) is 6.14. The number of thiophene rings is 1. The third kappa shape index (κ3) is 5.01. The average Bonchev–Trinajstić information content (AvgIpc) is 3.28. The maximum Gasteiger partial charge on any atom is 0.191 e. The number of guanidine groups is 1. The quantitative estimate of drug-likeness (QED) is 0.272. The van der Waals surface area contributed by atoms with Gasteiger partial charge in [0.25, 0.3) is 0 Å². The number of fused-ring (bicyclic) bond motifs is 1. The Balaban J connectivity index is 0.00000243. The van der Waals surface area contributed by atoms with E-state index in [0.717, 1.165) is 25.5 Å². The molecule has 0 aliphatic carbocycles. The average molecular weight is 482 g/mol. The molecule has 2 heterocycles. The topological polar surface area (TPSA) is 52.2 Å². The fraction of sp³-hybridized carbons (Fsp3) is 0.350. The number of rotatable bonds is 6. The number of aryl methyl sites for hydroxylation is 1. The normalized spacial score (nSPS) is 12.7. The largest absolute Gasteiger partial charge is 0.361 e. The van der Waals surface area contributed by atoms with Gasteiger partial charge in [0.15, 0.2) is 5.96 Å². The number of aromatic nitrogens is 1. The van der Waals surface area contributed by atoms with Gasteiger partial charge < -0.3 is 15.6 Å². The highest BCUT2D eigenvalue weighted by Gasteiger charge is 2.08. The molecule has 26 heavy (non-hydrogen) atoms. The van der Waals surface area contributed by atoms with Crippen molar-refractivity contribution < 1.29 is 0 Å². The maximum absolute atomic E-state index is 4.33. The predicted octanol–water partition coefficient (Wildman–Crippen LogP) is 4.67. The molecule has 3 aromatic rings. The summed E-state index contributed by atoms with van der Waals surface area (Å²) >= 11 is 1.81. The molecule has 140 valence electrons. The molecular formula is C20H27IN4S. The summed E-state index contributed by atoms with van der Waals surface area (Å²) in [6, 6.07) is 10.7. The molecule has 0 saturated heterocycles. The molecule has 0 spiro atoms. The number of halogens is 1. The number of aromatic amines is 1. The van der Waals surface area contributed by atoms with Gasteiger partial charge in [-0.1, -0.05) is 25.1 Å². The van der Waals surface area contributed by atoms with Crippen molar-refractivity contribution in [1.29, 1.82) is 0 Å². The van der Waals surface area contributed by atoms with Crippen LogP contribution in [0.25, 0.3) is 10.9 Å². The SMILES string of the molecule is CN=C(NCCc1c[nH]c2cccc(C)c12)NCC(C)c1cccs1.I. The molecule has 3 rings (SSSR count). The van der Waals surface area contributed by atoms with Crippen molar-refractivity contribution in [2.24, 2.45) is 4.99 Å². The molecular weight excluding hydrogens is 455 g/mol. The minimum absolute atomic E-state index is 0. The van der Waals surface area contributed by atoms with Crippen molar-refractivity contribution in [3.8, 4) is 0 Å². The second kappa shape index (κ2) is 9.97. The zero-order chi connectivity index (χ0) is 17.6. The van der Waals surface area contributed by atoms with E-state index < -0.39 is 0 Å². The number of aliphatic imine (C=N–C) groups is 1. The molecule has 6 heteroatoms. The van der Waals surface area contributed by atoms with Crippen LogP contribution in [0, 0.1) is 6.92 Å². The van der Waals surface area contributed by atoms with Gasteiger partial charge in [-0.25, -0.2) is 0 Å². The van der Waals surface area contributed by atoms with E-state index in [0.29, 0.717) is 5.92 Å². The van der Waals surface area contributed by atoms with E-state index in [2.05, 4.69) is 76.4 Å². The Hall–Kier alpha value is -1.54. The van der Waals surface area contributed by atoms with Crippen LogP contribution in [0.5, 0.6) is 0 Å². The fourth-order valence-corrected chi connectivity index (χ4v) is 3.89. The summed E-state index contributed by atoms with van der Waals surface area (Å²) in [6.07, 6.45) is 3.08. The monoisotopic (exact) mass is 482 g/mol. The van der Waals surface area contributed by atoms with Crippen molar-refractivity contribution in [3.05, 3.63) is 57.9 Å². The van der Waals surface area contributed by atoms with Gasteiger partial charge in [-0.2, -0.15) is 0 Å². The summed E-state index contributed by atoms with van der Waals surface area (Å²) in [5.41, 5.74) is 3.88. The van der Waals surface area contributed by atoms with Crippen molar-refractivity contribution in [3.63, 3.8) is 0 Å². The molecule has 0 amide bonds. The summed E-state index contributed by atoms with van der Waals surface area (Å²) < 4.78 is 0. The first kappa shape index (κ1) is 20.8. The molecule has 1 atom stereocenters. The van der Waals surface area contributed by atoms with E-state index in [9.17, 15) is 0 Å². The number of nitrogens with zero attached hydrogens (tertiary/aromatic N) is 1. The molecule has 0 aliphatic rings. The smallest absolute Gasteiger partial charge is 0.191 e. The van der Waals surface area contributed by atoms with E-state index in [4.69, 9.17) is 0 Å². The van der Waals surface area contributed by atoms with Gasteiger partial charge in [0, 0.05) is 48.0 Å². The van der Waals surface area contributed by atoms with Crippen molar-refractivity contribution in [1.82, 2.24) is 15.6 Å². The van der Waals surface area contributed by atoms with Crippen LogP contribution < -0.4 is 10.6 Å². The third-order valence-corrected chi connectivity index (χ3v) is 5.61. The van der Waals surface area contributed by atoms with Gasteiger partial charge in [-0.05, 0) is 42.0 Å². The zero-order valence-corrected chi connectivity index (χ0v) is 18.7. The van der Waals surface area contributed by atoms with E-state index in [1.54, 1.807) is 11.3 Å². The second-order valence-electron chi connectivity index (χ2n) is 6.36. The van der Waals surface area contributed by atoms with Crippen LogP contribution in [0.1, 0.15) is 28.8 Å². The number of H-pyrrole nitrogens is 1. The number of hydrogen-bond donors (Lipinski definition) is 3. The lowest BCUT2D eigenvalue weighted by Gasteiger charge is -2.15. The molecule has 0 saturated carbocycles. The minimum atomic E-state index is 0. The van der Waals surface area contributed by atoms with E-state index >= 15 is 0 Å². The molecule has 0 aliphatic heterocycles. The molecule has 0 bridgehead atoms. The van der Waals surface area contributed by atoms with Crippen LogP contribution in [0.4, 0.5) is 0 Å². The molecule has 1 aromatic carbocycles. The molecule has 0 fully saturated rings. The van der Waals surface area contributed by atoms with Gasteiger partial charge in [0.1, 0.15) is 0 Å². The first-order chi connectivity index (χ1) is 12.2. The Morgan fingerprint density at radius 2 is 2.08 bits per heavy atom. The summed E-state index contributed by atoms with van der Waals surface area (Å²) in [7, 11) is 1.82. The van der Waals surface area contributed by atoms with E-state index in [1.165, 1.54) is 26.9 Å². The van der Waals surface area contributed by atoms with Crippen molar-refractivity contribution >= 4 is 52.2 Å². The van der Waals surface area contributed by atoms with Crippen LogP contribution in [0.15, 0.2) is 46.9 Å². The van der Waals surface area contributed by atoms with Gasteiger partial charge >= 0.3 is 0 Å². The standard InChI is InChI=1S/C20H26N4S.HI/c1-14-6-4-7-17-19(14)16(13-23-17)9-10-22-20(21-3)24-12-15(2)18-8-5-11-25-18;/h4-8,11,13,15,23H,9-10,12H2,1-3H3,(H2,21,22,24);1H. The van der Waals surface area contributed by atoms with E-state index in [-0.39, 0.29) is 24.0 Å². The highest BCUT2D eigenvalue weighted by molar-refractivity contribution is 14.0. The van der Waals surface area contributed by atoms with Crippen LogP contribution in [0.2, 0.25) is 0 Å². The van der Waals surface area contributed by atoms with Crippen LogP contribution in [-0.2, 0) is 6.42 Å². The Morgan fingerprint density at radius 3 is 2.81 bits per heavy atom. The number of benzene rings is 1. The van der Waals surface area contributed by atoms with Crippen molar-refractivity contribution in [2.75, 3.05) is 20.1 Å². The van der Waals surface area contributed by atoms with E-state index in [1.807, 2.05) is 7.05 Å². The van der Waals surface area contributed by atoms with Crippen molar-refractivity contribution in [2.45, 2.75) is 26.2 Å². The molecule has 0 radical (unpaired) electrons. The highest BCUT2D eigenvalue weighted by atomic mass is 127. The summed E-state index contributed by atoms with van der Waals surface area (Å²) in [5.74, 6) is 1.34. The first-order valence-electron chi connectivity index (χ1n) is 8.72. The van der Waals surface area contributed by atoms with Crippen LogP contribution in [-0.4, -0.2) is 31.1 Å². The Kier molecular flexibility index (Phi) is 7.96. The molecule has 2 aromatic heterocycles. The lowest BCUT2D eigenvalue weighted by Crippen LogP contribution is -2.39. The Labute approximate surface area is 176 Å². The number of hydrogen-bond acceptors (Lipinski definition) is 2. The summed E-state index contributed by atoms with van der Waals surface area (Å²) in [5, 5.41) is 10.3. The first-order valence-corrected chi connectivity index (χ1v) is 9.60. The lowest BCUT2D eigenvalue weighted by atomic mass is 10.1. The van der Waals surface area contributed by atoms with Crippen LogP contribution >= 0.6 is 35.3 Å². The Morgan fingerprint density at radius 1 is 1.23 bits per heavy atom. The molecule has 1 unspecified atom stereocenters. The highest BCUT2D eigenvalue weighted by Crippen LogP contribution is 2.22. The van der Waals surface area contributed by atoms with Gasteiger partial charge in [-0.3, -0.25) is 4.99 Å². The maximum atomic E-state index is 4.33. The van der Waals surface area contributed by atoms with Gasteiger partial charge in [0.05, 0.1) is 0 Å². The number of nitrogens with one attached hydrogen (secondary N) is 3.